The summed E-state index contributed by atoms with van der Waals surface area (Å²) in [5.41, 5.74) is 0.517. The van der Waals surface area contributed by atoms with Crippen LogP contribution in [-0.4, -0.2) is 63.9 Å². The van der Waals surface area contributed by atoms with Gasteiger partial charge in [-0.1, -0.05) is 18.2 Å². The van der Waals surface area contributed by atoms with Gasteiger partial charge in [-0.3, -0.25) is 9.69 Å². The number of rotatable bonds is 7. The number of carbonyl (C=O) groups excluding carboxylic acids is 1. The first-order chi connectivity index (χ1) is 16.8. The molecule has 2 heterocycles. The number of anilines is 1. The molecular weight excluding hydrogens is 468 g/mol. The molecule has 1 aliphatic rings. The normalized spacial score (nSPS) is 15.7. The van der Waals surface area contributed by atoms with Crippen molar-refractivity contribution in [2.75, 3.05) is 37.7 Å². The van der Waals surface area contributed by atoms with Gasteiger partial charge in [-0.15, -0.1) is 5.10 Å². The maximum Gasteiger partial charge on any atom is 0.416 e. The minimum Gasteiger partial charge on any atom is -0.465 e. The number of esters is 1. The van der Waals surface area contributed by atoms with Crippen LogP contribution < -0.4 is 4.90 Å². The number of aromatic nitrogens is 4. The fourth-order valence-corrected chi connectivity index (χ4v) is 4.13. The number of benzene rings is 2. The highest BCUT2D eigenvalue weighted by atomic mass is 19.4. The van der Waals surface area contributed by atoms with Crippen molar-refractivity contribution < 1.29 is 27.1 Å². The third-order valence-electron chi connectivity index (χ3n) is 5.79. The van der Waals surface area contributed by atoms with E-state index in [0.717, 1.165) is 17.7 Å². The van der Waals surface area contributed by atoms with Crippen LogP contribution in [0.5, 0.6) is 0 Å². The molecule has 0 aliphatic carbocycles. The lowest BCUT2D eigenvalue weighted by Crippen LogP contribution is -2.48. The van der Waals surface area contributed by atoms with Crippen LogP contribution in [0.1, 0.15) is 29.9 Å². The molecule has 1 saturated heterocycles. The summed E-state index contributed by atoms with van der Waals surface area (Å²) < 4.78 is 59.4. The Hall–Kier alpha value is -3.54. The van der Waals surface area contributed by atoms with E-state index >= 15 is 0 Å². The largest absolute Gasteiger partial charge is 0.465 e. The predicted octanol–water partition coefficient (Wildman–Crippen LogP) is 3.31. The fraction of sp³-hybridized carbons (Fsp3) is 0.391. The average molecular weight is 492 g/mol. The van der Waals surface area contributed by atoms with Crippen LogP contribution in [0.3, 0.4) is 0 Å². The highest BCUT2D eigenvalue weighted by Gasteiger charge is 2.33. The summed E-state index contributed by atoms with van der Waals surface area (Å²) in [6.45, 7) is 3.60. The summed E-state index contributed by atoms with van der Waals surface area (Å²) >= 11 is 0. The summed E-state index contributed by atoms with van der Waals surface area (Å²) in [4.78, 5) is 16.0. The molecule has 3 aromatic rings. The fourth-order valence-electron chi connectivity index (χ4n) is 4.13. The van der Waals surface area contributed by atoms with E-state index in [4.69, 9.17) is 4.74 Å². The van der Waals surface area contributed by atoms with Crippen molar-refractivity contribution in [3.05, 3.63) is 71.3 Å². The van der Waals surface area contributed by atoms with Crippen LogP contribution in [0.4, 0.5) is 23.2 Å². The summed E-state index contributed by atoms with van der Waals surface area (Å²) in [7, 11) is 0. The van der Waals surface area contributed by atoms with Gasteiger partial charge in [0.2, 0.25) is 0 Å². The van der Waals surface area contributed by atoms with E-state index in [1.165, 1.54) is 22.9 Å². The van der Waals surface area contributed by atoms with E-state index in [-0.39, 0.29) is 13.2 Å². The van der Waals surface area contributed by atoms with Crippen LogP contribution in [-0.2, 0) is 22.3 Å². The number of hydrogen-bond acceptors (Lipinski definition) is 7. The molecule has 8 nitrogen and oxygen atoms in total. The SMILES string of the molecule is CCOC(=O)Cn1nnnc1C(c1ccc(F)cc1)N1CCN(c2cccc(C(F)(F)F)c2)CC1. The lowest BCUT2D eigenvalue weighted by atomic mass is 10.0. The Balaban J connectivity index is 1.57. The van der Waals surface area contributed by atoms with Crippen molar-refractivity contribution in [1.82, 2.24) is 25.1 Å². The number of halogens is 4. The zero-order valence-electron chi connectivity index (χ0n) is 19.0. The van der Waals surface area contributed by atoms with Gasteiger partial charge in [-0.25, -0.2) is 9.07 Å². The number of piperazine rings is 1. The summed E-state index contributed by atoms with van der Waals surface area (Å²) in [6, 6.07) is 10.7. The van der Waals surface area contributed by atoms with E-state index in [1.807, 2.05) is 4.90 Å². The zero-order chi connectivity index (χ0) is 25.0. The van der Waals surface area contributed by atoms with E-state index in [2.05, 4.69) is 20.4 Å². The number of nitrogens with zero attached hydrogens (tertiary/aromatic N) is 6. The molecule has 186 valence electrons. The van der Waals surface area contributed by atoms with Gasteiger partial charge in [0, 0.05) is 31.9 Å². The molecule has 2 aromatic carbocycles. The maximum absolute atomic E-state index is 13.6. The molecule has 0 N–H and O–H groups in total. The molecular formula is C23H24F4N6O2. The van der Waals surface area contributed by atoms with Gasteiger partial charge in [-0.05, 0) is 53.2 Å². The number of alkyl halides is 3. The summed E-state index contributed by atoms with van der Waals surface area (Å²) in [5.74, 6) is -0.501. The van der Waals surface area contributed by atoms with Crippen LogP contribution in [0.25, 0.3) is 0 Å². The third-order valence-corrected chi connectivity index (χ3v) is 5.79. The number of carbonyl (C=O) groups is 1. The molecule has 1 fully saturated rings. The Morgan fingerprint density at radius 2 is 1.80 bits per heavy atom. The number of ether oxygens (including phenoxy) is 1. The smallest absolute Gasteiger partial charge is 0.416 e. The summed E-state index contributed by atoms with van der Waals surface area (Å²) in [5, 5.41) is 11.8. The molecule has 0 bridgehead atoms. The molecule has 0 amide bonds. The Bertz CT molecular complexity index is 1140. The summed E-state index contributed by atoms with van der Waals surface area (Å²) in [6.07, 6.45) is -4.42. The maximum atomic E-state index is 13.6. The number of hydrogen-bond donors (Lipinski definition) is 0. The molecule has 0 spiro atoms. The molecule has 4 rings (SSSR count). The van der Waals surface area contributed by atoms with E-state index in [0.29, 0.717) is 37.7 Å². The van der Waals surface area contributed by atoms with Crippen molar-refractivity contribution in [1.29, 1.82) is 0 Å². The lowest BCUT2D eigenvalue weighted by molar-refractivity contribution is -0.144. The first-order valence-corrected chi connectivity index (χ1v) is 11.1. The standard InChI is InChI=1S/C23H24F4N6O2/c1-2-35-20(34)15-33-22(28-29-30-33)21(16-6-8-18(24)9-7-16)32-12-10-31(11-13-32)19-5-3-4-17(14-19)23(25,26)27/h3-9,14,21H,2,10-13,15H2,1H3. The molecule has 0 radical (unpaired) electrons. The molecule has 1 aliphatic heterocycles. The number of tetrazole rings is 1. The minimum absolute atomic E-state index is 0.182. The Morgan fingerprint density at radius 3 is 2.46 bits per heavy atom. The van der Waals surface area contributed by atoms with Crippen molar-refractivity contribution in [2.24, 2.45) is 0 Å². The van der Waals surface area contributed by atoms with Gasteiger partial charge in [0.15, 0.2) is 5.82 Å². The average Bonchev–Trinajstić information content (AvgIpc) is 3.28. The van der Waals surface area contributed by atoms with Crippen molar-refractivity contribution in [3.63, 3.8) is 0 Å². The van der Waals surface area contributed by atoms with Crippen molar-refractivity contribution in [2.45, 2.75) is 25.7 Å². The van der Waals surface area contributed by atoms with Crippen molar-refractivity contribution in [3.8, 4) is 0 Å². The topological polar surface area (TPSA) is 76.4 Å². The van der Waals surface area contributed by atoms with Crippen LogP contribution in [0.2, 0.25) is 0 Å². The van der Waals surface area contributed by atoms with E-state index < -0.39 is 29.6 Å². The van der Waals surface area contributed by atoms with Gasteiger partial charge in [0.05, 0.1) is 18.2 Å². The van der Waals surface area contributed by atoms with Crippen LogP contribution >= 0.6 is 0 Å². The van der Waals surface area contributed by atoms with Gasteiger partial charge < -0.3 is 9.64 Å². The second-order valence-electron chi connectivity index (χ2n) is 8.02. The van der Waals surface area contributed by atoms with Crippen molar-refractivity contribution >= 4 is 11.7 Å². The Kier molecular flexibility index (Phi) is 7.29. The minimum atomic E-state index is -4.42. The molecule has 12 heteroatoms. The van der Waals surface area contributed by atoms with E-state index in [1.54, 1.807) is 25.1 Å². The Morgan fingerprint density at radius 1 is 1.09 bits per heavy atom. The highest BCUT2D eigenvalue weighted by molar-refractivity contribution is 5.69. The third kappa shape index (κ3) is 5.76. The quantitative estimate of drug-likeness (QED) is 0.370. The lowest BCUT2D eigenvalue weighted by Gasteiger charge is -2.40. The van der Waals surface area contributed by atoms with E-state index in [9.17, 15) is 22.4 Å². The molecule has 1 unspecified atom stereocenters. The first-order valence-electron chi connectivity index (χ1n) is 11.1. The molecule has 35 heavy (non-hydrogen) atoms. The second-order valence-corrected chi connectivity index (χ2v) is 8.02. The van der Waals surface area contributed by atoms with Gasteiger partial charge in [0.1, 0.15) is 12.4 Å². The monoisotopic (exact) mass is 492 g/mol. The zero-order valence-corrected chi connectivity index (χ0v) is 19.0. The molecule has 1 aromatic heterocycles. The highest BCUT2D eigenvalue weighted by Crippen LogP contribution is 2.33. The second kappa shape index (κ2) is 10.4. The molecule has 1 atom stereocenters. The predicted molar refractivity (Wildman–Crippen MR) is 118 cm³/mol. The first kappa shape index (κ1) is 24.6. The van der Waals surface area contributed by atoms with Gasteiger partial charge in [0.25, 0.3) is 0 Å². The van der Waals surface area contributed by atoms with Gasteiger partial charge in [-0.2, -0.15) is 13.2 Å². The Labute approximate surface area is 199 Å². The van der Waals surface area contributed by atoms with Crippen LogP contribution in [0.15, 0.2) is 48.5 Å². The van der Waals surface area contributed by atoms with Gasteiger partial charge >= 0.3 is 12.1 Å². The van der Waals surface area contributed by atoms with Crippen LogP contribution in [0, 0.1) is 5.82 Å². The molecule has 0 saturated carbocycles.